The molecule has 0 radical (unpaired) electrons. The minimum Gasteiger partial charge on any atom is -0.355 e. The SMILES string of the molecule is CNC(=O)c1cccc(CNC(=O)C2CCCN2C(=O)C2CCCCC2)c1. The van der Waals surface area contributed by atoms with Crippen LogP contribution in [0.25, 0.3) is 0 Å². The summed E-state index contributed by atoms with van der Waals surface area (Å²) in [7, 11) is 1.59. The summed E-state index contributed by atoms with van der Waals surface area (Å²) in [6.07, 6.45) is 6.95. The number of carbonyl (C=O) groups is 3. The van der Waals surface area contributed by atoms with Crippen molar-refractivity contribution in [1.82, 2.24) is 15.5 Å². The van der Waals surface area contributed by atoms with Crippen molar-refractivity contribution in [3.8, 4) is 0 Å². The van der Waals surface area contributed by atoms with Crippen LogP contribution in [0.2, 0.25) is 0 Å². The van der Waals surface area contributed by atoms with E-state index in [1.54, 1.807) is 30.1 Å². The molecule has 2 aliphatic rings. The molecular weight excluding hydrogens is 342 g/mol. The third-order valence-corrected chi connectivity index (χ3v) is 5.68. The first-order valence-corrected chi connectivity index (χ1v) is 9.99. The van der Waals surface area contributed by atoms with Gasteiger partial charge in [-0.3, -0.25) is 14.4 Å². The average Bonchev–Trinajstić information content (AvgIpc) is 3.21. The Hall–Kier alpha value is -2.37. The van der Waals surface area contributed by atoms with Crippen molar-refractivity contribution in [2.75, 3.05) is 13.6 Å². The zero-order valence-electron chi connectivity index (χ0n) is 16.0. The van der Waals surface area contributed by atoms with Gasteiger partial charge in [0.05, 0.1) is 0 Å². The Morgan fingerprint density at radius 3 is 2.59 bits per heavy atom. The molecule has 1 aromatic rings. The van der Waals surface area contributed by atoms with Crippen molar-refractivity contribution in [2.24, 2.45) is 5.92 Å². The number of carbonyl (C=O) groups excluding carboxylic acids is 3. The van der Waals surface area contributed by atoms with E-state index in [4.69, 9.17) is 0 Å². The number of rotatable bonds is 5. The van der Waals surface area contributed by atoms with Gasteiger partial charge < -0.3 is 15.5 Å². The van der Waals surface area contributed by atoms with Crippen molar-refractivity contribution >= 4 is 17.7 Å². The maximum atomic E-state index is 12.8. The lowest BCUT2D eigenvalue weighted by Crippen LogP contribution is -2.48. The number of hydrogen-bond acceptors (Lipinski definition) is 3. The first kappa shape index (κ1) is 19.4. The molecule has 1 aliphatic carbocycles. The van der Waals surface area contributed by atoms with Gasteiger partial charge in [-0.1, -0.05) is 31.4 Å². The molecule has 1 unspecified atom stereocenters. The fraction of sp³-hybridized carbons (Fsp3) is 0.571. The van der Waals surface area contributed by atoms with Crippen molar-refractivity contribution in [3.63, 3.8) is 0 Å². The summed E-state index contributed by atoms with van der Waals surface area (Å²) < 4.78 is 0. The van der Waals surface area contributed by atoms with Crippen molar-refractivity contribution in [3.05, 3.63) is 35.4 Å². The zero-order valence-corrected chi connectivity index (χ0v) is 16.0. The van der Waals surface area contributed by atoms with Gasteiger partial charge in [0, 0.05) is 31.6 Å². The smallest absolute Gasteiger partial charge is 0.251 e. The molecular formula is C21H29N3O3. The summed E-state index contributed by atoms with van der Waals surface area (Å²) in [6.45, 7) is 1.03. The largest absolute Gasteiger partial charge is 0.355 e. The molecule has 1 aromatic carbocycles. The fourth-order valence-electron chi connectivity index (χ4n) is 4.16. The molecule has 0 bridgehead atoms. The number of benzene rings is 1. The minimum atomic E-state index is -0.360. The number of amides is 3. The Balaban J connectivity index is 1.58. The number of hydrogen-bond donors (Lipinski definition) is 2. The summed E-state index contributed by atoms with van der Waals surface area (Å²) in [5.74, 6) is 0.00980. The second-order valence-corrected chi connectivity index (χ2v) is 7.52. The molecule has 0 aromatic heterocycles. The predicted molar refractivity (Wildman–Crippen MR) is 103 cm³/mol. The number of nitrogens with one attached hydrogen (secondary N) is 2. The van der Waals surface area contributed by atoms with E-state index in [1.807, 2.05) is 6.07 Å². The Morgan fingerprint density at radius 1 is 1.07 bits per heavy atom. The van der Waals surface area contributed by atoms with Crippen molar-refractivity contribution in [2.45, 2.75) is 57.5 Å². The van der Waals surface area contributed by atoms with Crippen LogP contribution in [0.15, 0.2) is 24.3 Å². The maximum absolute atomic E-state index is 12.8. The van der Waals surface area contributed by atoms with Crippen LogP contribution in [-0.4, -0.2) is 42.3 Å². The number of likely N-dealkylation sites (tertiary alicyclic amines) is 1. The first-order valence-electron chi connectivity index (χ1n) is 9.99. The molecule has 2 N–H and O–H groups in total. The van der Waals surface area contributed by atoms with E-state index in [0.717, 1.165) is 44.1 Å². The summed E-state index contributed by atoms with van der Waals surface area (Å²) in [6, 6.07) is 6.85. The number of nitrogens with zero attached hydrogens (tertiary/aromatic N) is 1. The van der Waals surface area contributed by atoms with Crippen LogP contribution in [0.3, 0.4) is 0 Å². The third-order valence-electron chi connectivity index (χ3n) is 5.68. The Kier molecular flexibility index (Phi) is 6.48. The van der Waals surface area contributed by atoms with E-state index in [0.29, 0.717) is 18.7 Å². The molecule has 1 saturated heterocycles. The molecule has 6 nitrogen and oxygen atoms in total. The lowest BCUT2D eigenvalue weighted by Gasteiger charge is -2.30. The lowest BCUT2D eigenvalue weighted by atomic mass is 9.88. The van der Waals surface area contributed by atoms with E-state index < -0.39 is 0 Å². The summed E-state index contributed by atoms with van der Waals surface area (Å²) in [4.78, 5) is 39.1. The third kappa shape index (κ3) is 4.67. The van der Waals surface area contributed by atoms with Gasteiger partial charge in [0.15, 0.2) is 0 Å². The highest BCUT2D eigenvalue weighted by Gasteiger charge is 2.37. The molecule has 1 atom stereocenters. The molecule has 3 amide bonds. The van der Waals surface area contributed by atoms with Crippen LogP contribution in [0.5, 0.6) is 0 Å². The summed E-state index contributed by atoms with van der Waals surface area (Å²) in [5.41, 5.74) is 1.44. The molecule has 27 heavy (non-hydrogen) atoms. The molecule has 3 rings (SSSR count). The minimum absolute atomic E-state index is 0.0939. The van der Waals surface area contributed by atoms with Crippen LogP contribution in [0, 0.1) is 5.92 Å². The van der Waals surface area contributed by atoms with Crippen LogP contribution >= 0.6 is 0 Å². The van der Waals surface area contributed by atoms with Gasteiger partial charge in [-0.05, 0) is 43.4 Å². The van der Waals surface area contributed by atoms with E-state index in [-0.39, 0.29) is 29.7 Å². The Labute approximate surface area is 160 Å². The quantitative estimate of drug-likeness (QED) is 0.833. The topological polar surface area (TPSA) is 78.5 Å². The van der Waals surface area contributed by atoms with E-state index in [2.05, 4.69) is 10.6 Å². The highest BCUT2D eigenvalue weighted by molar-refractivity contribution is 5.94. The van der Waals surface area contributed by atoms with Crippen LogP contribution in [0.1, 0.15) is 60.9 Å². The van der Waals surface area contributed by atoms with Gasteiger partial charge >= 0.3 is 0 Å². The predicted octanol–water partition coefficient (Wildman–Crippen LogP) is 2.23. The molecule has 1 aliphatic heterocycles. The average molecular weight is 371 g/mol. The van der Waals surface area contributed by atoms with Gasteiger partial charge in [-0.15, -0.1) is 0 Å². The Bertz CT molecular complexity index is 698. The summed E-state index contributed by atoms with van der Waals surface area (Å²) in [5, 5.41) is 5.55. The maximum Gasteiger partial charge on any atom is 0.251 e. The van der Waals surface area contributed by atoms with E-state index in [1.165, 1.54) is 6.42 Å². The van der Waals surface area contributed by atoms with Crippen LogP contribution in [0.4, 0.5) is 0 Å². The molecule has 1 saturated carbocycles. The second kappa shape index (κ2) is 9.02. The van der Waals surface area contributed by atoms with Crippen LogP contribution < -0.4 is 10.6 Å². The molecule has 1 heterocycles. The van der Waals surface area contributed by atoms with Gasteiger partial charge in [-0.25, -0.2) is 0 Å². The van der Waals surface area contributed by atoms with Crippen molar-refractivity contribution in [1.29, 1.82) is 0 Å². The van der Waals surface area contributed by atoms with Gasteiger partial charge in [0.1, 0.15) is 6.04 Å². The first-order chi connectivity index (χ1) is 13.1. The van der Waals surface area contributed by atoms with Gasteiger partial charge in [0.25, 0.3) is 5.91 Å². The van der Waals surface area contributed by atoms with E-state index >= 15 is 0 Å². The highest BCUT2D eigenvalue weighted by Crippen LogP contribution is 2.28. The molecule has 6 heteroatoms. The second-order valence-electron chi connectivity index (χ2n) is 7.52. The lowest BCUT2D eigenvalue weighted by molar-refractivity contribution is -0.142. The monoisotopic (exact) mass is 371 g/mol. The highest BCUT2D eigenvalue weighted by atomic mass is 16.2. The summed E-state index contributed by atoms with van der Waals surface area (Å²) >= 11 is 0. The fourth-order valence-corrected chi connectivity index (χ4v) is 4.16. The van der Waals surface area contributed by atoms with Gasteiger partial charge in [0.2, 0.25) is 11.8 Å². The standard InChI is InChI=1S/C21H29N3O3/c1-22-19(25)17-10-5-7-15(13-17)14-23-20(26)18-11-6-12-24(18)21(27)16-8-3-2-4-9-16/h5,7,10,13,16,18H,2-4,6,8-9,11-12,14H2,1H3,(H,22,25)(H,23,26). The zero-order chi connectivity index (χ0) is 19.2. The van der Waals surface area contributed by atoms with Gasteiger partial charge in [-0.2, -0.15) is 0 Å². The normalized spacial score (nSPS) is 20.3. The molecule has 146 valence electrons. The molecule has 2 fully saturated rings. The van der Waals surface area contributed by atoms with Crippen LogP contribution in [-0.2, 0) is 16.1 Å². The van der Waals surface area contributed by atoms with E-state index in [9.17, 15) is 14.4 Å². The van der Waals surface area contributed by atoms with Crippen molar-refractivity contribution < 1.29 is 14.4 Å². The Morgan fingerprint density at radius 2 is 1.85 bits per heavy atom. The molecule has 0 spiro atoms.